The predicted molar refractivity (Wildman–Crippen MR) is 112 cm³/mol. The van der Waals surface area contributed by atoms with Gasteiger partial charge in [-0.25, -0.2) is 0 Å². The molecule has 0 saturated carbocycles. The number of fused-ring (bicyclic) bond motifs is 1. The van der Waals surface area contributed by atoms with Crippen molar-refractivity contribution >= 4 is 17.4 Å². The molecule has 5 nitrogen and oxygen atoms in total. The zero-order valence-electron chi connectivity index (χ0n) is 16.9. The maximum atomic E-state index is 13.3. The van der Waals surface area contributed by atoms with Crippen LogP contribution in [-0.2, 0) is 27.3 Å². The molecule has 2 aromatic carbocycles. The van der Waals surface area contributed by atoms with Crippen LogP contribution in [0.4, 0.5) is 0 Å². The summed E-state index contributed by atoms with van der Waals surface area (Å²) in [5, 5.41) is 0. The van der Waals surface area contributed by atoms with Gasteiger partial charge in [-0.05, 0) is 37.0 Å². The summed E-state index contributed by atoms with van der Waals surface area (Å²) >= 11 is 0. The van der Waals surface area contributed by atoms with Crippen molar-refractivity contribution in [2.75, 3.05) is 19.7 Å². The molecule has 2 amide bonds. The standard InChI is InChI=1S/C24H26N2O3/c1-17(2)29-15-14-26-23(27)21(19-9-4-3-5-10-19)22(24(26)28)25-13-12-18-8-6-7-11-20(18)16-25/h3-11,17H,12-16H2,1-2H3. The van der Waals surface area contributed by atoms with Crippen LogP contribution in [0.25, 0.3) is 5.57 Å². The van der Waals surface area contributed by atoms with E-state index in [1.54, 1.807) is 0 Å². The van der Waals surface area contributed by atoms with E-state index in [-0.39, 0.29) is 24.5 Å². The Hall–Kier alpha value is -2.92. The van der Waals surface area contributed by atoms with Crippen molar-refractivity contribution in [2.24, 2.45) is 0 Å². The Morgan fingerprint density at radius 1 is 0.931 bits per heavy atom. The maximum absolute atomic E-state index is 13.3. The average Bonchev–Trinajstić information content (AvgIpc) is 2.98. The monoisotopic (exact) mass is 390 g/mol. The minimum atomic E-state index is -0.234. The lowest BCUT2D eigenvalue weighted by Gasteiger charge is -2.31. The quantitative estimate of drug-likeness (QED) is 0.711. The number of benzene rings is 2. The first kappa shape index (κ1) is 19.4. The number of imide groups is 1. The molecule has 0 atom stereocenters. The molecule has 5 heteroatoms. The maximum Gasteiger partial charge on any atom is 0.277 e. The Bertz CT molecular complexity index is 950. The molecule has 0 aromatic heterocycles. The van der Waals surface area contributed by atoms with Crippen molar-refractivity contribution in [3.05, 3.63) is 77.0 Å². The van der Waals surface area contributed by atoms with Gasteiger partial charge in [0.25, 0.3) is 11.8 Å². The lowest BCUT2D eigenvalue weighted by Crippen LogP contribution is -2.39. The molecule has 0 unspecified atom stereocenters. The van der Waals surface area contributed by atoms with Crippen LogP contribution in [0.1, 0.15) is 30.5 Å². The van der Waals surface area contributed by atoms with Gasteiger partial charge in [0.1, 0.15) is 5.70 Å². The number of nitrogens with zero attached hydrogens (tertiary/aromatic N) is 2. The summed E-state index contributed by atoms with van der Waals surface area (Å²) in [5.74, 6) is -0.456. The molecule has 0 radical (unpaired) electrons. The van der Waals surface area contributed by atoms with E-state index in [9.17, 15) is 9.59 Å². The van der Waals surface area contributed by atoms with E-state index in [4.69, 9.17) is 4.74 Å². The minimum absolute atomic E-state index is 0.0578. The largest absolute Gasteiger partial charge is 0.377 e. The molecular weight excluding hydrogens is 364 g/mol. The molecule has 0 N–H and O–H groups in total. The van der Waals surface area contributed by atoms with E-state index in [1.165, 1.54) is 16.0 Å². The van der Waals surface area contributed by atoms with E-state index >= 15 is 0 Å². The molecular formula is C24H26N2O3. The number of hydrogen-bond acceptors (Lipinski definition) is 4. The van der Waals surface area contributed by atoms with E-state index in [2.05, 4.69) is 17.0 Å². The molecule has 29 heavy (non-hydrogen) atoms. The van der Waals surface area contributed by atoms with Crippen LogP contribution < -0.4 is 0 Å². The van der Waals surface area contributed by atoms with Crippen LogP contribution in [0, 0.1) is 0 Å². The van der Waals surface area contributed by atoms with Gasteiger partial charge in [-0.2, -0.15) is 0 Å². The third kappa shape index (κ3) is 3.83. The van der Waals surface area contributed by atoms with E-state index in [1.807, 2.05) is 56.3 Å². The van der Waals surface area contributed by atoms with Gasteiger partial charge in [-0.15, -0.1) is 0 Å². The molecule has 0 aliphatic carbocycles. The molecule has 4 rings (SSSR count). The topological polar surface area (TPSA) is 49.9 Å². The van der Waals surface area contributed by atoms with Gasteiger partial charge in [-0.3, -0.25) is 14.5 Å². The van der Waals surface area contributed by atoms with Crippen LogP contribution in [0.5, 0.6) is 0 Å². The molecule has 0 bridgehead atoms. The van der Waals surface area contributed by atoms with Crippen LogP contribution in [0.3, 0.4) is 0 Å². The molecule has 2 aromatic rings. The summed E-state index contributed by atoms with van der Waals surface area (Å²) in [7, 11) is 0. The lowest BCUT2D eigenvalue weighted by molar-refractivity contribution is -0.138. The van der Waals surface area contributed by atoms with E-state index in [0.29, 0.717) is 24.4 Å². The zero-order chi connectivity index (χ0) is 20.4. The van der Waals surface area contributed by atoms with Crippen LogP contribution in [0.2, 0.25) is 0 Å². The molecule has 0 saturated heterocycles. The van der Waals surface area contributed by atoms with Gasteiger partial charge in [0.2, 0.25) is 0 Å². The summed E-state index contributed by atoms with van der Waals surface area (Å²) in [6, 6.07) is 17.8. The Kier molecular flexibility index (Phi) is 5.49. The number of carbonyl (C=O) groups excluding carboxylic acids is 2. The highest BCUT2D eigenvalue weighted by Crippen LogP contribution is 2.34. The van der Waals surface area contributed by atoms with Gasteiger partial charge in [-0.1, -0.05) is 54.6 Å². The summed E-state index contributed by atoms with van der Waals surface area (Å²) in [6.45, 7) is 5.85. The Labute approximate surface area is 171 Å². The minimum Gasteiger partial charge on any atom is -0.377 e. The molecule has 0 spiro atoms. The number of amides is 2. The van der Waals surface area contributed by atoms with Gasteiger partial charge >= 0.3 is 0 Å². The third-order valence-electron chi connectivity index (χ3n) is 5.42. The van der Waals surface area contributed by atoms with Crippen molar-refractivity contribution in [3.63, 3.8) is 0 Å². The normalized spacial score (nSPS) is 16.8. The zero-order valence-corrected chi connectivity index (χ0v) is 16.9. The molecule has 2 aliphatic rings. The molecule has 0 fully saturated rings. The molecule has 150 valence electrons. The fourth-order valence-electron chi connectivity index (χ4n) is 3.99. The van der Waals surface area contributed by atoms with Crippen molar-refractivity contribution in [1.82, 2.24) is 9.80 Å². The smallest absolute Gasteiger partial charge is 0.277 e. The second kappa shape index (κ2) is 8.21. The Morgan fingerprint density at radius 3 is 2.34 bits per heavy atom. The second-order valence-corrected chi connectivity index (χ2v) is 7.71. The first-order valence-electron chi connectivity index (χ1n) is 10.2. The molecule has 2 aliphatic heterocycles. The van der Waals surface area contributed by atoms with Gasteiger partial charge in [0, 0.05) is 13.1 Å². The van der Waals surface area contributed by atoms with E-state index in [0.717, 1.165) is 18.5 Å². The predicted octanol–water partition coefficient (Wildman–Crippen LogP) is 3.25. The van der Waals surface area contributed by atoms with E-state index < -0.39 is 0 Å². The second-order valence-electron chi connectivity index (χ2n) is 7.71. The number of ether oxygens (including phenoxy) is 1. The first-order valence-corrected chi connectivity index (χ1v) is 10.2. The number of hydrogen-bond donors (Lipinski definition) is 0. The Morgan fingerprint density at radius 2 is 1.62 bits per heavy atom. The van der Waals surface area contributed by atoms with Crippen LogP contribution in [-0.4, -0.2) is 47.4 Å². The highest BCUT2D eigenvalue weighted by molar-refractivity contribution is 6.35. The summed E-state index contributed by atoms with van der Waals surface area (Å²) in [6.07, 6.45) is 0.919. The first-order chi connectivity index (χ1) is 14.1. The fourth-order valence-corrected chi connectivity index (χ4v) is 3.99. The van der Waals surface area contributed by atoms with Crippen LogP contribution >= 0.6 is 0 Å². The van der Waals surface area contributed by atoms with Crippen molar-refractivity contribution in [3.8, 4) is 0 Å². The fraction of sp³-hybridized carbons (Fsp3) is 0.333. The van der Waals surface area contributed by atoms with Crippen molar-refractivity contribution < 1.29 is 14.3 Å². The summed E-state index contributed by atoms with van der Waals surface area (Å²) in [4.78, 5) is 30.0. The highest BCUT2D eigenvalue weighted by Gasteiger charge is 2.41. The third-order valence-corrected chi connectivity index (χ3v) is 5.42. The Balaban J connectivity index is 1.68. The SMILES string of the molecule is CC(C)OCCN1C(=O)C(c2ccccc2)=C(N2CCc3ccccc3C2)C1=O. The van der Waals surface area contributed by atoms with Crippen molar-refractivity contribution in [2.45, 2.75) is 32.9 Å². The van der Waals surface area contributed by atoms with Crippen molar-refractivity contribution in [1.29, 1.82) is 0 Å². The number of rotatable bonds is 6. The van der Waals surface area contributed by atoms with Gasteiger partial charge < -0.3 is 9.64 Å². The lowest BCUT2D eigenvalue weighted by atomic mass is 9.98. The highest BCUT2D eigenvalue weighted by atomic mass is 16.5. The van der Waals surface area contributed by atoms with Crippen LogP contribution in [0.15, 0.2) is 60.3 Å². The summed E-state index contributed by atoms with van der Waals surface area (Å²) < 4.78 is 5.59. The van der Waals surface area contributed by atoms with Gasteiger partial charge in [0.15, 0.2) is 0 Å². The van der Waals surface area contributed by atoms with Gasteiger partial charge in [0.05, 0.1) is 24.8 Å². The average molecular weight is 390 g/mol. The molecule has 2 heterocycles. The summed E-state index contributed by atoms with van der Waals surface area (Å²) in [5.41, 5.74) is 4.32. The number of carbonyl (C=O) groups is 2.